The molecule has 0 saturated heterocycles. The summed E-state index contributed by atoms with van der Waals surface area (Å²) < 4.78 is 15.2. The predicted molar refractivity (Wildman–Crippen MR) is 80.0 cm³/mol. The molecule has 0 amide bonds. The Kier molecular flexibility index (Phi) is 3.36. The van der Waals surface area contributed by atoms with E-state index in [1.807, 2.05) is 16.7 Å². The van der Waals surface area contributed by atoms with Gasteiger partial charge < -0.3 is 0 Å². The highest BCUT2D eigenvalue weighted by molar-refractivity contribution is 6.20. The topological polar surface area (TPSA) is 41.6 Å². The number of rotatable bonds is 2. The van der Waals surface area contributed by atoms with Crippen molar-refractivity contribution in [3.63, 3.8) is 0 Å². The van der Waals surface area contributed by atoms with Crippen LogP contribution in [0.3, 0.4) is 0 Å². The van der Waals surface area contributed by atoms with E-state index >= 15 is 0 Å². The maximum Gasteiger partial charge on any atom is 0.132 e. The van der Waals surface area contributed by atoms with Gasteiger partial charge in [0.1, 0.15) is 17.7 Å². The normalized spacial score (nSPS) is 12.3. The largest absolute Gasteiger partial charge is 0.294 e. The number of halogens is 2. The third-order valence-electron chi connectivity index (χ3n) is 3.26. The Morgan fingerprint density at radius 2 is 2.05 bits per heavy atom. The number of para-hydroxylation sites is 1. The van der Waals surface area contributed by atoms with Gasteiger partial charge in [-0.2, -0.15) is 5.26 Å². The van der Waals surface area contributed by atoms with E-state index in [2.05, 4.69) is 11.1 Å². The average Bonchev–Trinajstić information content (AvgIpc) is 2.85. The summed E-state index contributed by atoms with van der Waals surface area (Å²) in [6, 6.07) is 13.7. The first kappa shape index (κ1) is 13.6. The molecular formula is C16H11ClFN3. The molecule has 5 heteroatoms. The molecule has 21 heavy (non-hydrogen) atoms. The highest BCUT2D eigenvalue weighted by Gasteiger charge is 2.18. The van der Waals surface area contributed by atoms with Gasteiger partial charge in [0.25, 0.3) is 0 Å². The minimum Gasteiger partial charge on any atom is -0.294 e. The summed E-state index contributed by atoms with van der Waals surface area (Å²) in [5, 5.41) is 8.92. The van der Waals surface area contributed by atoms with E-state index in [4.69, 9.17) is 11.6 Å². The first-order chi connectivity index (χ1) is 10.1. The average molecular weight is 300 g/mol. The second-order valence-electron chi connectivity index (χ2n) is 4.68. The minimum absolute atomic E-state index is 0.352. The van der Waals surface area contributed by atoms with Gasteiger partial charge in [-0.15, -0.1) is 11.6 Å². The fraction of sp³-hybridized carbons (Fsp3) is 0.125. The van der Waals surface area contributed by atoms with Crippen LogP contribution in [0.5, 0.6) is 0 Å². The Bertz CT molecular complexity index is 862. The number of aromatic nitrogens is 2. The van der Waals surface area contributed by atoms with Crippen molar-refractivity contribution in [2.75, 3.05) is 0 Å². The van der Waals surface area contributed by atoms with Gasteiger partial charge in [0.2, 0.25) is 0 Å². The van der Waals surface area contributed by atoms with Crippen molar-refractivity contribution in [1.29, 1.82) is 5.26 Å². The van der Waals surface area contributed by atoms with Crippen LogP contribution in [0, 0.1) is 17.1 Å². The highest BCUT2D eigenvalue weighted by Crippen LogP contribution is 2.29. The van der Waals surface area contributed by atoms with E-state index in [0.29, 0.717) is 22.6 Å². The van der Waals surface area contributed by atoms with Gasteiger partial charge in [0, 0.05) is 6.07 Å². The van der Waals surface area contributed by atoms with Crippen molar-refractivity contribution in [2.24, 2.45) is 0 Å². The number of benzene rings is 2. The van der Waals surface area contributed by atoms with E-state index in [0.717, 1.165) is 5.52 Å². The Balaban J connectivity index is 2.40. The molecule has 0 aliphatic heterocycles. The zero-order valence-electron chi connectivity index (χ0n) is 11.2. The third-order valence-corrected chi connectivity index (χ3v) is 3.46. The van der Waals surface area contributed by atoms with Crippen molar-refractivity contribution in [2.45, 2.75) is 12.3 Å². The summed E-state index contributed by atoms with van der Waals surface area (Å²) in [6.45, 7) is 1.80. The molecule has 0 aliphatic carbocycles. The summed E-state index contributed by atoms with van der Waals surface area (Å²) in [5.41, 5.74) is 2.45. The number of hydrogen-bond donors (Lipinski definition) is 0. The van der Waals surface area contributed by atoms with Gasteiger partial charge in [-0.25, -0.2) is 9.37 Å². The fourth-order valence-electron chi connectivity index (χ4n) is 2.36. The molecule has 1 unspecified atom stereocenters. The molecular weight excluding hydrogens is 289 g/mol. The number of fused-ring (bicyclic) bond motifs is 1. The van der Waals surface area contributed by atoms with Gasteiger partial charge in [-0.05, 0) is 31.2 Å². The molecule has 0 radical (unpaired) electrons. The Morgan fingerprint density at radius 3 is 2.76 bits per heavy atom. The van der Waals surface area contributed by atoms with Crippen LogP contribution in [0.25, 0.3) is 16.7 Å². The lowest BCUT2D eigenvalue weighted by molar-refractivity contribution is 0.629. The van der Waals surface area contributed by atoms with E-state index in [1.165, 1.54) is 12.1 Å². The molecule has 0 aliphatic rings. The van der Waals surface area contributed by atoms with E-state index in [9.17, 15) is 9.65 Å². The lowest BCUT2D eigenvalue weighted by atomic mass is 10.2. The Morgan fingerprint density at radius 1 is 1.29 bits per heavy atom. The monoisotopic (exact) mass is 299 g/mol. The zero-order valence-corrected chi connectivity index (χ0v) is 12.0. The molecule has 0 fully saturated rings. The maximum atomic E-state index is 13.4. The lowest BCUT2D eigenvalue weighted by Gasteiger charge is -2.11. The number of nitriles is 1. The van der Waals surface area contributed by atoms with Crippen LogP contribution in [-0.2, 0) is 0 Å². The fourth-order valence-corrected chi connectivity index (χ4v) is 2.50. The second kappa shape index (κ2) is 5.19. The highest BCUT2D eigenvalue weighted by atomic mass is 35.5. The predicted octanol–water partition coefficient (Wildman–Crippen LogP) is 4.34. The molecule has 0 N–H and O–H groups in total. The molecule has 0 saturated carbocycles. The van der Waals surface area contributed by atoms with Crippen molar-refractivity contribution in [3.8, 4) is 11.8 Å². The number of nitrogens with zero attached hydrogens (tertiary/aromatic N) is 3. The first-order valence-corrected chi connectivity index (χ1v) is 6.87. The molecule has 0 spiro atoms. The molecule has 3 rings (SSSR count). The minimum atomic E-state index is -0.368. The van der Waals surface area contributed by atoms with Crippen LogP contribution in [0.2, 0.25) is 0 Å². The molecule has 3 aromatic rings. The third kappa shape index (κ3) is 2.26. The Hall–Kier alpha value is -2.38. The van der Waals surface area contributed by atoms with Crippen LogP contribution < -0.4 is 0 Å². The number of imidazole rings is 1. The first-order valence-electron chi connectivity index (χ1n) is 6.43. The zero-order chi connectivity index (χ0) is 15.0. The molecule has 0 bridgehead atoms. The molecule has 1 heterocycles. The number of alkyl halides is 1. The van der Waals surface area contributed by atoms with Gasteiger partial charge >= 0.3 is 0 Å². The van der Waals surface area contributed by atoms with Crippen LogP contribution >= 0.6 is 11.6 Å². The van der Waals surface area contributed by atoms with Crippen molar-refractivity contribution in [1.82, 2.24) is 9.55 Å². The van der Waals surface area contributed by atoms with Crippen LogP contribution in [0.4, 0.5) is 4.39 Å². The maximum absolute atomic E-state index is 13.4. The van der Waals surface area contributed by atoms with Gasteiger partial charge in [-0.3, -0.25) is 4.57 Å². The van der Waals surface area contributed by atoms with Crippen molar-refractivity contribution in [3.05, 3.63) is 59.7 Å². The summed E-state index contributed by atoms with van der Waals surface area (Å²) in [4.78, 5) is 4.41. The SMILES string of the molecule is CC(Cl)c1nc2cc(F)ccc2n1-c1ccccc1C#N. The number of hydrogen-bond acceptors (Lipinski definition) is 2. The molecule has 104 valence electrons. The molecule has 1 aromatic heterocycles. The van der Waals surface area contributed by atoms with Crippen LogP contribution in [0.1, 0.15) is 23.7 Å². The Labute approximate surface area is 126 Å². The second-order valence-corrected chi connectivity index (χ2v) is 5.34. The molecule has 2 aromatic carbocycles. The smallest absolute Gasteiger partial charge is 0.132 e. The summed E-state index contributed by atoms with van der Waals surface area (Å²) in [7, 11) is 0. The van der Waals surface area contributed by atoms with Crippen molar-refractivity contribution >= 4 is 22.6 Å². The lowest BCUT2D eigenvalue weighted by Crippen LogP contribution is -2.03. The summed E-state index contributed by atoms with van der Waals surface area (Å²) >= 11 is 6.21. The molecule has 3 nitrogen and oxygen atoms in total. The van der Waals surface area contributed by atoms with Crippen LogP contribution in [0.15, 0.2) is 42.5 Å². The van der Waals surface area contributed by atoms with Gasteiger partial charge in [0.15, 0.2) is 0 Å². The van der Waals surface area contributed by atoms with Crippen LogP contribution in [-0.4, -0.2) is 9.55 Å². The van der Waals surface area contributed by atoms with Crippen molar-refractivity contribution < 1.29 is 4.39 Å². The standard InChI is InChI=1S/C16H11ClFN3/c1-10(17)16-20-13-8-12(18)6-7-15(13)21(16)14-5-3-2-4-11(14)9-19/h2-8,10H,1H3. The molecule has 1 atom stereocenters. The van der Waals surface area contributed by atoms with E-state index < -0.39 is 0 Å². The van der Waals surface area contributed by atoms with Gasteiger partial charge in [0.05, 0.1) is 27.7 Å². The summed E-state index contributed by atoms with van der Waals surface area (Å²) in [6.07, 6.45) is 0. The van der Waals surface area contributed by atoms with Gasteiger partial charge in [-0.1, -0.05) is 12.1 Å². The van der Waals surface area contributed by atoms with E-state index in [1.54, 1.807) is 25.1 Å². The van der Waals surface area contributed by atoms with E-state index in [-0.39, 0.29) is 11.2 Å². The summed E-state index contributed by atoms with van der Waals surface area (Å²) in [5.74, 6) is 0.231. The quantitative estimate of drug-likeness (QED) is 0.661.